The number of halogens is 2. The molecule has 1 aromatic carbocycles. The molecule has 0 spiro atoms. The zero-order valence-corrected chi connectivity index (χ0v) is 12.1. The number of nitrogens with two attached hydrogens (primary N) is 1. The van der Waals surface area contributed by atoms with Crippen LogP contribution in [-0.4, -0.2) is 31.9 Å². The second-order valence-corrected chi connectivity index (χ2v) is 6.95. The minimum Gasteiger partial charge on any atom is -0.329 e. The third kappa shape index (κ3) is 2.63. The van der Waals surface area contributed by atoms with Crippen LogP contribution in [0.2, 0.25) is 5.02 Å². The summed E-state index contributed by atoms with van der Waals surface area (Å²) in [4.78, 5) is -0.0478. The van der Waals surface area contributed by atoms with Crippen molar-refractivity contribution in [2.24, 2.45) is 5.73 Å². The van der Waals surface area contributed by atoms with Crippen molar-refractivity contribution in [1.29, 1.82) is 0 Å². The number of sulfonamides is 1. The Morgan fingerprint density at radius 2 is 2.21 bits per heavy atom. The summed E-state index contributed by atoms with van der Waals surface area (Å²) in [5.41, 5.74) is 5.85. The first-order valence-electron chi connectivity index (χ1n) is 6.05. The van der Waals surface area contributed by atoms with Gasteiger partial charge in [-0.2, -0.15) is 4.31 Å². The lowest BCUT2D eigenvalue weighted by molar-refractivity contribution is 0.393. The van der Waals surface area contributed by atoms with Crippen LogP contribution in [0.15, 0.2) is 17.0 Å². The van der Waals surface area contributed by atoms with Crippen LogP contribution in [0.1, 0.15) is 18.4 Å². The molecule has 1 unspecified atom stereocenters. The van der Waals surface area contributed by atoms with Crippen LogP contribution in [0.4, 0.5) is 4.39 Å². The molecule has 1 aromatic rings. The van der Waals surface area contributed by atoms with E-state index in [1.165, 1.54) is 17.3 Å². The quantitative estimate of drug-likeness (QED) is 0.927. The minimum absolute atomic E-state index is 0.0478. The summed E-state index contributed by atoms with van der Waals surface area (Å²) < 4.78 is 39.8. The van der Waals surface area contributed by atoms with Gasteiger partial charge in [0.05, 0.1) is 5.02 Å². The van der Waals surface area contributed by atoms with E-state index < -0.39 is 15.8 Å². The van der Waals surface area contributed by atoms with Crippen molar-refractivity contribution < 1.29 is 12.8 Å². The average molecular weight is 307 g/mol. The van der Waals surface area contributed by atoms with E-state index in [4.69, 9.17) is 17.3 Å². The molecular weight excluding hydrogens is 291 g/mol. The fraction of sp³-hybridized carbons (Fsp3) is 0.500. The highest BCUT2D eigenvalue weighted by molar-refractivity contribution is 7.89. The smallest absolute Gasteiger partial charge is 0.244 e. The summed E-state index contributed by atoms with van der Waals surface area (Å²) >= 11 is 5.88. The molecule has 4 nitrogen and oxygen atoms in total. The van der Waals surface area contributed by atoms with Gasteiger partial charge in [-0.3, -0.25) is 0 Å². The van der Waals surface area contributed by atoms with E-state index in [1.807, 2.05) is 0 Å². The third-order valence-electron chi connectivity index (χ3n) is 3.39. The lowest BCUT2D eigenvalue weighted by atomic mass is 10.2. The van der Waals surface area contributed by atoms with Crippen molar-refractivity contribution >= 4 is 21.6 Å². The van der Waals surface area contributed by atoms with Gasteiger partial charge in [0.25, 0.3) is 0 Å². The molecule has 1 fully saturated rings. The Bertz CT molecular complexity index is 592. The predicted octanol–water partition coefficient (Wildman–Crippen LogP) is 1.90. The molecule has 0 saturated carbocycles. The lowest BCUT2D eigenvalue weighted by Gasteiger charge is -2.23. The molecule has 7 heteroatoms. The first kappa shape index (κ1) is 14.7. The van der Waals surface area contributed by atoms with E-state index in [2.05, 4.69) is 0 Å². The number of nitrogens with zero attached hydrogens (tertiary/aromatic N) is 1. The van der Waals surface area contributed by atoms with Gasteiger partial charge in [0, 0.05) is 19.1 Å². The second-order valence-electron chi connectivity index (χ2n) is 4.68. The molecule has 0 amide bonds. The van der Waals surface area contributed by atoms with Gasteiger partial charge in [0.1, 0.15) is 10.7 Å². The summed E-state index contributed by atoms with van der Waals surface area (Å²) in [5.74, 6) is -0.513. The van der Waals surface area contributed by atoms with E-state index >= 15 is 0 Å². The first-order valence-corrected chi connectivity index (χ1v) is 7.87. The summed E-state index contributed by atoms with van der Waals surface area (Å²) in [7, 11) is -3.72. The number of hydrogen-bond donors (Lipinski definition) is 1. The molecule has 0 aliphatic carbocycles. The van der Waals surface area contributed by atoms with Crippen LogP contribution in [0.5, 0.6) is 0 Å². The molecule has 2 rings (SSSR count). The summed E-state index contributed by atoms with van der Waals surface area (Å²) in [6.07, 6.45) is 1.52. The maximum absolute atomic E-state index is 13.4. The van der Waals surface area contributed by atoms with Crippen LogP contribution in [-0.2, 0) is 10.0 Å². The Balaban J connectivity index is 2.48. The number of aryl methyl sites for hydroxylation is 1. The van der Waals surface area contributed by atoms with Crippen molar-refractivity contribution in [2.45, 2.75) is 30.7 Å². The molecule has 106 valence electrons. The molecule has 19 heavy (non-hydrogen) atoms. The van der Waals surface area contributed by atoms with Crippen molar-refractivity contribution in [3.8, 4) is 0 Å². The Morgan fingerprint density at radius 3 is 2.84 bits per heavy atom. The fourth-order valence-corrected chi connectivity index (χ4v) is 4.60. The van der Waals surface area contributed by atoms with Gasteiger partial charge in [0.2, 0.25) is 10.0 Å². The maximum atomic E-state index is 13.4. The van der Waals surface area contributed by atoms with E-state index in [0.717, 1.165) is 18.9 Å². The SMILES string of the molecule is Cc1cc(S(=O)(=O)N2CCCC2CN)c(Cl)cc1F. The fourth-order valence-electron chi connectivity index (χ4n) is 2.32. The highest BCUT2D eigenvalue weighted by Gasteiger charge is 2.35. The van der Waals surface area contributed by atoms with Crippen LogP contribution in [0, 0.1) is 12.7 Å². The van der Waals surface area contributed by atoms with Crippen molar-refractivity contribution in [1.82, 2.24) is 4.31 Å². The number of rotatable bonds is 3. The van der Waals surface area contributed by atoms with Crippen LogP contribution >= 0.6 is 11.6 Å². The zero-order valence-electron chi connectivity index (χ0n) is 10.6. The van der Waals surface area contributed by atoms with Gasteiger partial charge < -0.3 is 5.73 Å². The number of hydrogen-bond acceptors (Lipinski definition) is 3. The predicted molar refractivity (Wildman–Crippen MR) is 72.1 cm³/mol. The van der Waals surface area contributed by atoms with Gasteiger partial charge in [0.15, 0.2) is 0 Å². The molecule has 0 bridgehead atoms. The van der Waals surface area contributed by atoms with Gasteiger partial charge >= 0.3 is 0 Å². The third-order valence-corrected chi connectivity index (χ3v) is 5.81. The standard InChI is InChI=1S/C12H16ClFN2O2S/c1-8-5-12(10(13)6-11(8)14)19(17,18)16-4-2-3-9(16)7-15/h5-6,9H,2-4,7,15H2,1H3. The van der Waals surface area contributed by atoms with Gasteiger partial charge in [-0.05, 0) is 37.5 Å². The van der Waals surface area contributed by atoms with Gasteiger partial charge in [-0.1, -0.05) is 11.6 Å². The topological polar surface area (TPSA) is 63.4 Å². The van der Waals surface area contributed by atoms with Crippen LogP contribution in [0.25, 0.3) is 0 Å². The molecule has 1 saturated heterocycles. The second kappa shape index (κ2) is 5.36. The van der Waals surface area contributed by atoms with Gasteiger partial charge in [-0.15, -0.1) is 0 Å². The monoisotopic (exact) mass is 306 g/mol. The summed E-state index contributed by atoms with van der Waals surface area (Å²) in [6, 6.07) is 2.11. The van der Waals surface area contributed by atoms with E-state index in [9.17, 15) is 12.8 Å². The Morgan fingerprint density at radius 1 is 1.53 bits per heavy atom. The highest BCUT2D eigenvalue weighted by Crippen LogP contribution is 2.31. The molecule has 1 atom stereocenters. The molecule has 0 radical (unpaired) electrons. The first-order chi connectivity index (χ1) is 8.87. The highest BCUT2D eigenvalue weighted by atomic mass is 35.5. The van der Waals surface area contributed by atoms with Crippen molar-refractivity contribution in [2.75, 3.05) is 13.1 Å². The maximum Gasteiger partial charge on any atom is 0.244 e. The van der Waals surface area contributed by atoms with E-state index in [-0.39, 0.29) is 28.1 Å². The number of benzene rings is 1. The van der Waals surface area contributed by atoms with E-state index in [1.54, 1.807) is 0 Å². The molecule has 1 aliphatic rings. The van der Waals surface area contributed by atoms with Crippen molar-refractivity contribution in [3.63, 3.8) is 0 Å². The molecule has 2 N–H and O–H groups in total. The average Bonchev–Trinajstić information content (AvgIpc) is 2.82. The molecule has 1 aliphatic heterocycles. The zero-order chi connectivity index (χ0) is 14.2. The Kier molecular flexibility index (Phi) is 4.15. The van der Waals surface area contributed by atoms with Gasteiger partial charge in [-0.25, -0.2) is 12.8 Å². The minimum atomic E-state index is -3.72. The molecule has 0 aromatic heterocycles. The Labute approximate surface area is 117 Å². The van der Waals surface area contributed by atoms with Crippen LogP contribution < -0.4 is 5.73 Å². The summed E-state index contributed by atoms with van der Waals surface area (Å²) in [5, 5.41) is -0.0919. The lowest BCUT2D eigenvalue weighted by Crippen LogP contribution is -2.40. The van der Waals surface area contributed by atoms with Crippen LogP contribution in [0.3, 0.4) is 0 Å². The van der Waals surface area contributed by atoms with Crippen molar-refractivity contribution in [3.05, 3.63) is 28.5 Å². The molecule has 1 heterocycles. The summed E-state index contributed by atoms with van der Waals surface area (Å²) in [6.45, 7) is 2.21. The Hall–Kier alpha value is -0.690. The normalized spacial score (nSPS) is 20.9. The molecular formula is C12H16ClFN2O2S. The van der Waals surface area contributed by atoms with E-state index in [0.29, 0.717) is 6.54 Å². The largest absolute Gasteiger partial charge is 0.329 e.